The third-order valence-electron chi connectivity index (χ3n) is 2.60. The lowest BCUT2D eigenvalue weighted by atomic mass is 10.0. The standard InChI is InChI=1S/C12H8BrF4NS/c13-10-4-7(5-19-10)11(18)6-1-2-8(9(14)3-6)12(15,16)17/h1-5,11H,18H2. The highest BCUT2D eigenvalue weighted by Gasteiger charge is 2.34. The first-order valence-electron chi connectivity index (χ1n) is 5.15. The van der Waals surface area contributed by atoms with Gasteiger partial charge in [-0.15, -0.1) is 11.3 Å². The van der Waals surface area contributed by atoms with Gasteiger partial charge in [0.25, 0.3) is 0 Å². The second-order valence-electron chi connectivity index (χ2n) is 3.90. The minimum atomic E-state index is -4.70. The van der Waals surface area contributed by atoms with Crippen LogP contribution >= 0.6 is 27.3 Å². The van der Waals surface area contributed by atoms with Crippen LogP contribution in [0.1, 0.15) is 22.7 Å². The van der Waals surface area contributed by atoms with Crippen LogP contribution in [0.5, 0.6) is 0 Å². The van der Waals surface area contributed by atoms with Gasteiger partial charge in [0, 0.05) is 0 Å². The molecule has 0 amide bonds. The van der Waals surface area contributed by atoms with Crippen LogP contribution in [0, 0.1) is 5.82 Å². The SMILES string of the molecule is NC(c1csc(Br)c1)c1ccc(C(F)(F)F)c(F)c1. The number of nitrogens with two attached hydrogens (primary N) is 1. The smallest absolute Gasteiger partial charge is 0.320 e. The van der Waals surface area contributed by atoms with Crippen molar-refractivity contribution in [2.24, 2.45) is 5.73 Å². The summed E-state index contributed by atoms with van der Waals surface area (Å²) in [6.45, 7) is 0. The molecule has 0 aliphatic rings. The first-order chi connectivity index (χ1) is 8.79. The molecule has 2 N–H and O–H groups in total. The molecule has 102 valence electrons. The van der Waals surface area contributed by atoms with E-state index in [1.807, 2.05) is 0 Å². The van der Waals surface area contributed by atoms with Gasteiger partial charge in [0.1, 0.15) is 5.82 Å². The molecule has 1 aromatic carbocycles. The van der Waals surface area contributed by atoms with E-state index in [4.69, 9.17) is 5.73 Å². The molecule has 1 nitrogen and oxygen atoms in total. The van der Waals surface area contributed by atoms with Gasteiger partial charge >= 0.3 is 6.18 Å². The average molecular weight is 354 g/mol. The Balaban J connectivity index is 2.35. The molecule has 0 fully saturated rings. The lowest BCUT2D eigenvalue weighted by Gasteiger charge is -2.13. The van der Waals surface area contributed by atoms with Gasteiger partial charge in [-0.05, 0) is 50.6 Å². The van der Waals surface area contributed by atoms with E-state index in [2.05, 4.69) is 15.9 Å². The van der Waals surface area contributed by atoms with Crippen molar-refractivity contribution in [2.45, 2.75) is 12.2 Å². The van der Waals surface area contributed by atoms with Gasteiger partial charge in [-0.3, -0.25) is 0 Å². The van der Waals surface area contributed by atoms with Gasteiger partial charge in [0.05, 0.1) is 15.4 Å². The Morgan fingerprint density at radius 3 is 2.32 bits per heavy atom. The Morgan fingerprint density at radius 1 is 1.16 bits per heavy atom. The van der Waals surface area contributed by atoms with Crippen LogP contribution in [0.15, 0.2) is 33.4 Å². The highest BCUT2D eigenvalue weighted by atomic mass is 79.9. The van der Waals surface area contributed by atoms with Crippen LogP contribution < -0.4 is 5.73 Å². The maximum absolute atomic E-state index is 13.4. The first kappa shape index (κ1) is 14.5. The quantitative estimate of drug-likeness (QED) is 0.777. The van der Waals surface area contributed by atoms with E-state index in [9.17, 15) is 17.6 Å². The average Bonchev–Trinajstić information content (AvgIpc) is 2.73. The fourth-order valence-electron chi connectivity index (χ4n) is 1.63. The molecule has 0 saturated carbocycles. The molecule has 1 atom stereocenters. The molecule has 0 spiro atoms. The monoisotopic (exact) mass is 353 g/mol. The second-order valence-corrected chi connectivity index (χ2v) is 6.19. The van der Waals surface area contributed by atoms with Crippen LogP contribution in [0.3, 0.4) is 0 Å². The van der Waals surface area contributed by atoms with Crippen molar-refractivity contribution >= 4 is 27.3 Å². The van der Waals surface area contributed by atoms with Gasteiger partial charge in [-0.1, -0.05) is 6.07 Å². The van der Waals surface area contributed by atoms with Crippen LogP contribution in [0.25, 0.3) is 0 Å². The summed E-state index contributed by atoms with van der Waals surface area (Å²) in [6, 6.07) is 3.84. The Labute approximate surface area is 119 Å². The molecule has 7 heteroatoms. The van der Waals surface area contributed by atoms with Crippen molar-refractivity contribution in [3.05, 3.63) is 55.9 Å². The molecule has 0 aliphatic carbocycles. The number of thiophene rings is 1. The molecule has 1 heterocycles. The molecule has 0 saturated heterocycles. The summed E-state index contributed by atoms with van der Waals surface area (Å²) in [7, 11) is 0. The first-order valence-corrected chi connectivity index (χ1v) is 6.82. The summed E-state index contributed by atoms with van der Waals surface area (Å²) < 4.78 is 51.6. The van der Waals surface area contributed by atoms with E-state index >= 15 is 0 Å². The largest absolute Gasteiger partial charge is 0.419 e. The van der Waals surface area contributed by atoms with Crippen molar-refractivity contribution in [3.8, 4) is 0 Å². The fraction of sp³-hybridized carbons (Fsp3) is 0.167. The third kappa shape index (κ3) is 3.16. The van der Waals surface area contributed by atoms with Crippen LogP contribution in [-0.2, 0) is 6.18 Å². The maximum atomic E-state index is 13.4. The summed E-state index contributed by atoms with van der Waals surface area (Å²) in [5.74, 6) is -1.31. The van der Waals surface area contributed by atoms with E-state index in [1.54, 1.807) is 11.4 Å². The Hall–Kier alpha value is -0.920. The van der Waals surface area contributed by atoms with Crippen molar-refractivity contribution < 1.29 is 17.6 Å². The van der Waals surface area contributed by atoms with E-state index in [0.29, 0.717) is 11.6 Å². The Kier molecular flexibility index (Phi) is 3.98. The number of rotatable bonds is 2. The zero-order valence-corrected chi connectivity index (χ0v) is 11.7. The summed E-state index contributed by atoms with van der Waals surface area (Å²) in [5.41, 5.74) is 5.63. The van der Waals surface area contributed by atoms with Gasteiger partial charge in [-0.2, -0.15) is 13.2 Å². The number of hydrogen-bond donors (Lipinski definition) is 1. The molecule has 2 aromatic rings. The zero-order chi connectivity index (χ0) is 14.2. The van der Waals surface area contributed by atoms with Gasteiger partial charge in [0.2, 0.25) is 0 Å². The minimum Gasteiger partial charge on any atom is -0.320 e. The van der Waals surface area contributed by atoms with Crippen molar-refractivity contribution in [3.63, 3.8) is 0 Å². The lowest BCUT2D eigenvalue weighted by molar-refractivity contribution is -0.140. The van der Waals surface area contributed by atoms with Crippen molar-refractivity contribution in [1.82, 2.24) is 0 Å². The third-order valence-corrected chi connectivity index (χ3v) is 4.13. The van der Waals surface area contributed by atoms with E-state index in [-0.39, 0.29) is 0 Å². The van der Waals surface area contributed by atoms with Gasteiger partial charge < -0.3 is 5.73 Å². The summed E-state index contributed by atoms with van der Waals surface area (Å²) in [4.78, 5) is 0. The lowest BCUT2D eigenvalue weighted by Crippen LogP contribution is -2.13. The summed E-state index contributed by atoms with van der Waals surface area (Å²) >= 11 is 4.67. The molecular weight excluding hydrogens is 346 g/mol. The molecule has 19 heavy (non-hydrogen) atoms. The van der Waals surface area contributed by atoms with Crippen LogP contribution in [-0.4, -0.2) is 0 Å². The molecule has 1 unspecified atom stereocenters. The number of alkyl halides is 3. The highest BCUT2D eigenvalue weighted by Crippen LogP contribution is 2.34. The van der Waals surface area contributed by atoms with E-state index in [1.165, 1.54) is 17.4 Å². The fourth-order valence-corrected chi connectivity index (χ4v) is 2.85. The van der Waals surface area contributed by atoms with Gasteiger partial charge in [-0.25, -0.2) is 4.39 Å². The maximum Gasteiger partial charge on any atom is 0.419 e. The van der Waals surface area contributed by atoms with E-state index < -0.39 is 23.6 Å². The second kappa shape index (κ2) is 5.22. The van der Waals surface area contributed by atoms with E-state index in [0.717, 1.165) is 15.4 Å². The normalized spacial score (nSPS) is 13.6. The number of hydrogen-bond acceptors (Lipinski definition) is 2. The molecule has 2 rings (SSSR count). The molecule has 0 radical (unpaired) electrons. The molecule has 1 aromatic heterocycles. The Morgan fingerprint density at radius 2 is 1.84 bits per heavy atom. The topological polar surface area (TPSA) is 26.0 Å². The van der Waals surface area contributed by atoms with Crippen molar-refractivity contribution in [2.75, 3.05) is 0 Å². The summed E-state index contributed by atoms with van der Waals surface area (Å²) in [5, 5.41) is 1.77. The van der Waals surface area contributed by atoms with Crippen LogP contribution in [0.4, 0.5) is 17.6 Å². The molecule has 0 aliphatic heterocycles. The predicted octanol–water partition coefficient (Wildman–Crippen LogP) is 4.72. The zero-order valence-electron chi connectivity index (χ0n) is 9.34. The minimum absolute atomic E-state index is 0.302. The summed E-state index contributed by atoms with van der Waals surface area (Å²) in [6.07, 6.45) is -4.70. The molecule has 0 bridgehead atoms. The van der Waals surface area contributed by atoms with Crippen molar-refractivity contribution in [1.29, 1.82) is 0 Å². The van der Waals surface area contributed by atoms with Gasteiger partial charge in [0.15, 0.2) is 0 Å². The molecular formula is C12H8BrF4NS. The highest BCUT2D eigenvalue weighted by molar-refractivity contribution is 9.11. The van der Waals surface area contributed by atoms with Crippen LogP contribution in [0.2, 0.25) is 0 Å². The Bertz CT molecular complexity index is 594. The number of halogens is 5. The predicted molar refractivity (Wildman–Crippen MR) is 69.5 cm³/mol. The number of benzene rings is 1.